The van der Waals surface area contributed by atoms with Gasteiger partial charge in [-0.15, -0.1) is 0 Å². The van der Waals surface area contributed by atoms with Gasteiger partial charge in [0.2, 0.25) is 5.91 Å². The maximum atomic E-state index is 13.0. The Hall–Kier alpha value is -3.49. The van der Waals surface area contributed by atoms with Crippen molar-refractivity contribution in [2.75, 3.05) is 13.1 Å². The highest BCUT2D eigenvalue weighted by Crippen LogP contribution is 2.29. The van der Waals surface area contributed by atoms with Gasteiger partial charge in [0, 0.05) is 22.2 Å². The first-order valence-electron chi connectivity index (χ1n) is 11.5. The van der Waals surface area contributed by atoms with Gasteiger partial charge in [-0.25, -0.2) is 5.48 Å². The quantitative estimate of drug-likeness (QED) is 0.317. The summed E-state index contributed by atoms with van der Waals surface area (Å²) < 4.78 is 6.00. The number of aromatic nitrogens is 1. The van der Waals surface area contributed by atoms with Crippen LogP contribution in [0.3, 0.4) is 0 Å². The monoisotopic (exact) mass is 462 g/mol. The Bertz CT molecular complexity index is 1170. The first-order valence-corrected chi connectivity index (χ1v) is 11.5. The molecule has 1 fully saturated rings. The second kappa shape index (κ2) is 10.2. The van der Waals surface area contributed by atoms with E-state index >= 15 is 0 Å². The first kappa shape index (κ1) is 23.7. The zero-order valence-electron chi connectivity index (χ0n) is 19.4. The van der Waals surface area contributed by atoms with Crippen LogP contribution in [0.5, 0.6) is 5.75 Å². The Labute approximate surface area is 198 Å². The molecule has 0 spiro atoms. The zero-order chi connectivity index (χ0) is 24.1. The molecule has 1 aliphatic rings. The highest BCUT2D eigenvalue weighted by molar-refractivity contribution is 5.95. The van der Waals surface area contributed by atoms with Gasteiger partial charge >= 0.3 is 0 Å². The van der Waals surface area contributed by atoms with Crippen molar-refractivity contribution >= 4 is 22.7 Å². The number of amides is 2. The van der Waals surface area contributed by atoms with Crippen molar-refractivity contribution in [3.63, 3.8) is 0 Å². The zero-order valence-corrected chi connectivity index (χ0v) is 19.4. The van der Waals surface area contributed by atoms with Gasteiger partial charge in [0.05, 0.1) is 17.0 Å². The number of hydrogen-bond donors (Lipinski definition) is 4. The second-order valence-electron chi connectivity index (χ2n) is 8.81. The molecule has 0 saturated carbocycles. The molecule has 4 rings (SSSR count). The van der Waals surface area contributed by atoms with E-state index in [4.69, 9.17) is 9.94 Å². The van der Waals surface area contributed by atoms with Crippen LogP contribution in [0.15, 0.2) is 54.6 Å². The Balaban J connectivity index is 1.45. The van der Waals surface area contributed by atoms with Gasteiger partial charge < -0.3 is 15.4 Å². The molecule has 178 valence electrons. The number of piperidine rings is 1. The minimum Gasteiger partial charge on any atom is -0.489 e. The van der Waals surface area contributed by atoms with Crippen LogP contribution in [0.25, 0.3) is 10.9 Å². The van der Waals surface area contributed by atoms with Crippen molar-refractivity contribution in [2.24, 2.45) is 5.92 Å². The van der Waals surface area contributed by atoms with Crippen LogP contribution in [-0.4, -0.2) is 40.6 Å². The minimum absolute atomic E-state index is 0.262. The van der Waals surface area contributed by atoms with Crippen LogP contribution in [0.1, 0.15) is 41.4 Å². The van der Waals surface area contributed by atoms with E-state index < -0.39 is 17.4 Å². The van der Waals surface area contributed by atoms with E-state index in [2.05, 4.69) is 15.6 Å². The van der Waals surface area contributed by atoms with E-state index in [-0.39, 0.29) is 5.91 Å². The highest BCUT2D eigenvalue weighted by Gasteiger charge is 2.42. The van der Waals surface area contributed by atoms with Crippen LogP contribution in [-0.2, 0) is 11.4 Å². The molecular weight excluding hydrogens is 432 g/mol. The summed E-state index contributed by atoms with van der Waals surface area (Å²) >= 11 is 0. The molecule has 0 bridgehead atoms. The summed E-state index contributed by atoms with van der Waals surface area (Å²) in [5, 5.41) is 16.5. The number of hydrogen-bond acceptors (Lipinski definition) is 6. The van der Waals surface area contributed by atoms with E-state index in [0.717, 1.165) is 22.2 Å². The van der Waals surface area contributed by atoms with Crippen molar-refractivity contribution in [3.05, 3.63) is 71.4 Å². The number of nitrogens with one attached hydrogen (secondary N) is 3. The molecule has 8 heteroatoms. The average molecular weight is 463 g/mol. The molecule has 1 aromatic heterocycles. The Morgan fingerprint density at radius 3 is 2.56 bits per heavy atom. The lowest BCUT2D eigenvalue weighted by atomic mass is 9.77. The minimum atomic E-state index is -0.732. The van der Waals surface area contributed by atoms with Crippen LogP contribution >= 0.6 is 0 Å². The first-order chi connectivity index (χ1) is 16.4. The van der Waals surface area contributed by atoms with Crippen LogP contribution < -0.4 is 20.9 Å². The molecular formula is C26H30N4O4. The molecule has 1 saturated heterocycles. The van der Waals surface area contributed by atoms with Gasteiger partial charge in [-0.1, -0.05) is 25.1 Å². The molecule has 2 heterocycles. The van der Waals surface area contributed by atoms with Gasteiger partial charge in [-0.05, 0) is 69.3 Å². The number of carbonyl (C=O) groups is 2. The SMILES string of the molecule is Cc1cc(COc2ccc(C(=O)NC3(C(C)C(=O)NO)CCNCC3)cc2)c2ccccc2n1. The fraction of sp³-hybridized carbons (Fsp3) is 0.346. The molecule has 8 nitrogen and oxygen atoms in total. The number of ether oxygens (including phenoxy) is 1. The summed E-state index contributed by atoms with van der Waals surface area (Å²) in [7, 11) is 0. The van der Waals surface area contributed by atoms with E-state index in [0.29, 0.717) is 43.9 Å². The lowest BCUT2D eigenvalue weighted by Gasteiger charge is -2.42. The van der Waals surface area contributed by atoms with Crippen LogP contribution in [0.4, 0.5) is 0 Å². The Morgan fingerprint density at radius 2 is 1.85 bits per heavy atom. The molecule has 0 aliphatic carbocycles. The maximum Gasteiger partial charge on any atom is 0.251 e. The number of hydroxylamine groups is 1. The number of fused-ring (bicyclic) bond motifs is 1. The lowest BCUT2D eigenvalue weighted by Crippen LogP contribution is -2.61. The van der Waals surface area contributed by atoms with Crippen molar-refractivity contribution in [1.29, 1.82) is 0 Å². The number of carbonyl (C=O) groups excluding carboxylic acids is 2. The predicted molar refractivity (Wildman–Crippen MR) is 129 cm³/mol. The van der Waals surface area contributed by atoms with E-state index in [1.165, 1.54) is 0 Å². The fourth-order valence-corrected chi connectivity index (χ4v) is 4.56. The van der Waals surface area contributed by atoms with E-state index in [9.17, 15) is 9.59 Å². The molecule has 0 radical (unpaired) electrons. The number of nitrogens with zero attached hydrogens (tertiary/aromatic N) is 1. The molecule has 2 amide bonds. The number of para-hydroxylation sites is 1. The lowest BCUT2D eigenvalue weighted by molar-refractivity contribution is -0.135. The smallest absolute Gasteiger partial charge is 0.251 e. The summed E-state index contributed by atoms with van der Waals surface area (Å²) in [6, 6.07) is 16.9. The van der Waals surface area contributed by atoms with Crippen LogP contribution in [0, 0.1) is 12.8 Å². The van der Waals surface area contributed by atoms with Gasteiger partial charge in [0.1, 0.15) is 12.4 Å². The third-order valence-corrected chi connectivity index (χ3v) is 6.63. The predicted octanol–water partition coefficient (Wildman–Crippen LogP) is 3.12. The number of benzene rings is 2. The molecule has 34 heavy (non-hydrogen) atoms. The van der Waals surface area contributed by atoms with Gasteiger partial charge in [-0.2, -0.15) is 0 Å². The van der Waals surface area contributed by atoms with E-state index in [1.54, 1.807) is 36.7 Å². The summed E-state index contributed by atoms with van der Waals surface area (Å²) in [6.45, 7) is 5.43. The summed E-state index contributed by atoms with van der Waals surface area (Å²) in [5.74, 6) is -0.698. The van der Waals surface area contributed by atoms with Crippen molar-refractivity contribution in [3.8, 4) is 5.75 Å². The molecule has 4 N–H and O–H groups in total. The third-order valence-electron chi connectivity index (χ3n) is 6.63. The maximum absolute atomic E-state index is 13.0. The second-order valence-corrected chi connectivity index (χ2v) is 8.81. The third kappa shape index (κ3) is 5.03. The standard InChI is InChI=1S/C26H30N4O4/c1-17-15-20(22-5-3-4-6-23(22)28-17)16-34-21-9-7-19(8-10-21)25(32)29-26(11-13-27-14-12-26)18(2)24(31)30-33/h3-10,15,18,27,33H,11-14,16H2,1-2H3,(H,29,32)(H,30,31). The molecule has 2 aromatic carbocycles. The Morgan fingerprint density at radius 1 is 1.15 bits per heavy atom. The molecule has 3 aromatic rings. The van der Waals surface area contributed by atoms with Gasteiger partial charge in [0.25, 0.3) is 5.91 Å². The van der Waals surface area contributed by atoms with Gasteiger partial charge in [-0.3, -0.25) is 19.8 Å². The number of aryl methyl sites for hydroxylation is 1. The van der Waals surface area contributed by atoms with Crippen molar-refractivity contribution < 1.29 is 19.5 Å². The number of pyridine rings is 1. The normalized spacial score (nSPS) is 16.0. The van der Waals surface area contributed by atoms with Crippen molar-refractivity contribution in [1.82, 2.24) is 21.1 Å². The average Bonchev–Trinajstić information content (AvgIpc) is 2.87. The van der Waals surface area contributed by atoms with E-state index in [1.807, 2.05) is 37.3 Å². The van der Waals surface area contributed by atoms with Crippen LogP contribution in [0.2, 0.25) is 0 Å². The van der Waals surface area contributed by atoms with Gasteiger partial charge in [0.15, 0.2) is 0 Å². The summed E-state index contributed by atoms with van der Waals surface area (Å²) in [4.78, 5) is 29.7. The summed E-state index contributed by atoms with van der Waals surface area (Å²) in [5.41, 5.74) is 4.38. The topological polar surface area (TPSA) is 113 Å². The largest absolute Gasteiger partial charge is 0.489 e. The number of rotatable bonds is 7. The molecule has 1 atom stereocenters. The summed E-state index contributed by atoms with van der Waals surface area (Å²) in [6.07, 6.45) is 1.18. The molecule has 1 aliphatic heterocycles. The fourth-order valence-electron chi connectivity index (χ4n) is 4.56. The highest BCUT2D eigenvalue weighted by atomic mass is 16.5. The Kier molecular flexibility index (Phi) is 7.09. The molecule has 1 unspecified atom stereocenters. The van der Waals surface area contributed by atoms with Crippen molar-refractivity contribution in [2.45, 2.75) is 38.8 Å².